The zero-order chi connectivity index (χ0) is 59.7. The number of carbonyl (C=O) groups is 3. The number of allylic oxidation sites excluding steroid dienone is 2. The molecule has 3 rings (SSSR count). The Hall–Kier alpha value is -2.53. The minimum atomic E-state index is -3.08. The van der Waals surface area contributed by atoms with Gasteiger partial charge >= 0.3 is 5.97 Å². The van der Waals surface area contributed by atoms with Gasteiger partial charge in [0.2, 0.25) is 11.8 Å². The first-order chi connectivity index (χ1) is 38.9. The third-order valence-electron chi connectivity index (χ3n) is 15.7. The normalized spacial score (nSPS) is 30.5. The second-order valence-electron chi connectivity index (χ2n) is 22.6. The van der Waals surface area contributed by atoms with E-state index in [1.807, 2.05) is 0 Å². The summed E-state index contributed by atoms with van der Waals surface area (Å²) in [6.45, 7) is 2.13. The number of aliphatic hydroxyl groups is 11. The maximum absolute atomic E-state index is 13.3. The van der Waals surface area contributed by atoms with Gasteiger partial charge in [0.25, 0.3) is 5.79 Å². The number of rotatable bonds is 44. The molecule has 3 heterocycles. The molecule has 0 saturated carbocycles. The fraction of sp³-hybridized carbons (Fsp3) is 0.914. The Bertz CT molecular complexity index is 1720. The van der Waals surface area contributed by atoms with Crippen molar-refractivity contribution in [1.82, 2.24) is 10.6 Å². The van der Waals surface area contributed by atoms with E-state index in [9.17, 15) is 75.7 Å². The van der Waals surface area contributed by atoms with Gasteiger partial charge in [0.05, 0.1) is 50.7 Å². The number of hydrogen-bond acceptors (Lipinski definition) is 20. The minimum absolute atomic E-state index is 0.214. The van der Waals surface area contributed by atoms with Crippen molar-refractivity contribution < 1.29 is 104 Å². The average molecular weight is 1170 g/mol. The number of unbranched alkanes of at least 4 members (excludes halogenated alkanes) is 22. The molecule has 23 nitrogen and oxygen atoms in total. The SMILES string of the molecule is CCCCC/C=C\CCCCCCCC(=O)NC(COC1OC(CO)C(OC2OC(CO)C(O)C(OC3(C(=O)O)CC(O)C(NC(C)=O)C(C(O)C(O)CO)O3)C2O)C(O)C1O)C(O)CCCCCCCCCCCCCCCCC. The van der Waals surface area contributed by atoms with Crippen LogP contribution in [-0.2, 0) is 42.8 Å². The number of carboxylic acids is 1. The van der Waals surface area contributed by atoms with Crippen molar-refractivity contribution in [2.75, 3.05) is 26.4 Å². The molecule has 0 radical (unpaired) electrons. The smallest absolute Gasteiger partial charge is 0.364 e. The summed E-state index contributed by atoms with van der Waals surface area (Å²) in [6.07, 6.45) is 3.84. The molecule has 81 heavy (non-hydrogen) atoms. The lowest BCUT2D eigenvalue weighted by Crippen LogP contribution is -2.70. The highest BCUT2D eigenvalue weighted by Gasteiger charge is 2.60. The van der Waals surface area contributed by atoms with Crippen LogP contribution >= 0.6 is 0 Å². The average Bonchev–Trinajstić information content (AvgIpc) is 3.61. The van der Waals surface area contributed by atoms with Gasteiger partial charge < -0.3 is 100 Å². The highest BCUT2D eigenvalue weighted by Crippen LogP contribution is 2.38. The van der Waals surface area contributed by atoms with Crippen molar-refractivity contribution in [3.8, 4) is 0 Å². The minimum Gasteiger partial charge on any atom is -0.477 e. The van der Waals surface area contributed by atoms with E-state index in [1.165, 1.54) is 83.5 Å². The highest BCUT2D eigenvalue weighted by molar-refractivity contribution is 5.77. The standard InChI is InChI=1S/C58H106N2O21/c1-4-6-8-10-12-14-16-18-19-20-21-23-25-27-29-31-40(65)39(60-45(68)32-30-28-26-24-22-17-15-13-11-9-7-5-2)37-76-55-50(72)49(71)52(44(36-63)78-55)79-56-51(73)54(48(70)43(35-62)77-56)81-58(57(74)75)33-41(66)46(59-38(3)64)53(80-58)47(69)42(67)34-61/h13,15,39-44,46-56,61-63,65-67,69-73H,4-12,14,16-37H2,1-3H3,(H,59,64)(H,60,68)(H,74,75)/b15-13-. The lowest BCUT2D eigenvalue weighted by atomic mass is 9.88. The Morgan fingerprint density at radius 3 is 1.69 bits per heavy atom. The van der Waals surface area contributed by atoms with Gasteiger partial charge in [-0.05, 0) is 38.5 Å². The molecule has 474 valence electrons. The summed E-state index contributed by atoms with van der Waals surface area (Å²) in [7, 11) is 0. The number of hydrogen-bond donors (Lipinski definition) is 14. The number of aliphatic hydroxyl groups excluding tert-OH is 11. The molecule has 3 fully saturated rings. The molecule has 0 aromatic carbocycles. The van der Waals surface area contributed by atoms with E-state index < -0.39 is 148 Å². The first-order valence-electron chi connectivity index (χ1n) is 30.5. The number of nitrogens with one attached hydrogen (secondary N) is 2. The molecule has 0 aromatic rings. The monoisotopic (exact) mass is 1170 g/mol. The third-order valence-corrected chi connectivity index (χ3v) is 15.7. The predicted molar refractivity (Wildman–Crippen MR) is 297 cm³/mol. The van der Waals surface area contributed by atoms with E-state index >= 15 is 0 Å². The Morgan fingerprint density at radius 1 is 0.630 bits per heavy atom. The van der Waals surface area contributed by atoms with Crippen molar-refractivity contribution in [1.29, 1.82) is 0 Å². The Labute approximate surface area is 480 Å². The summed E-state index contributed by atoms with van der Waals surface area (Å²) in [4.78, 5) is 38.4. The van der Waals surface area contributed by atoms with Crippen LogP contribution in [0.3, 0.4) is 0 Å². The summed E-state index contributed by atoms with van der Waals surface area (Å²) < 4.78 is 34.7. The van der Waals surface area contributed by atoms with Gasteiger partial charge in [-0.15, -0.1) is 0 Å². The van der Waals surface area contributed by atoms with E-state index in [-0.39, 0.29) is 18.9 Å². The zero-order valence-corrected chi connectivity index (χ0v) is 48.6. The molecule has 0 aromatic heterocycles. The number of carbonyl (C=O) groups excluding carboxylic acids is 2. The molecule has 23 heteroatoms. The van der Waals surface area contributed by atoms with Crippen LogP contribution in [0.25, 0.3) is 0 Å². The van der Waals surface area contributed by atoms with Gasteiger partial charge in [0.15, 0.2) is 12.6 Å². The molecule has 3 aliphatic heterocycles. The predicted octanol–water partition coefficient (Wildman–Crippen LogP) is 2.78. The maximum Gasteiger partial charge on any atom is 0.364 e. The first kappa shape index (κ1) is 72.7. The molecule has 0 bridgehead atoms. The fourth-order valence-corrected chi connectivity index (χ4v) is 10.8. The van der Waals surface area contributed by atoms with Crippen molar-refractivity contribution >= 4 is 17.8 Å². The number of aliphatic carboxylic acids is 1. The van der Waals surface area contributed by atoms with Gasteiger partial charge in [-0.1, -0.05) is 154 Å². The number of amides is 2. The Balaban J connectivity index is 1.67. The lowest BCUT2D eigenvalue weighted by molar-refractivity contribution is -0.386. The molecular weight excluding hydrogens is 1060 g/mol. The van der Waals surface area contributed by atoms with Crippen LogP contribution in [0.1, 0.15) is 201 Å². The zero-order valence-electron chi connectivity index (χ0n) is 48.6. The number of carboxylic acid groups (broad SMARTS) is 1. The molecule has 0 aliphatic carbocycles. The van der Waals surface area contributed by atoms with E-state index in [2.05, 4.69) is 36.6 Å². The second kappa shape index (κ2) is 40.7. The van der Waals surface area contributed by atoms with Crippen molar-refractivity contribution in [2.45, 2.75) is 310 Å². The summed E-state index contributed by atoms with van der Waals surface area (Å²) in [5, 5.41) is 136. The molecule has 18 unspecified atom stereocenters. The highest BCUT2D eigenvalue weighted by atomic mass is 16.8. The Morgan fingerprint density at radius 2 is 1.15 bits per heavy atom. The lowest BCUT2D eigenvalue weighted by Gasteiger charge is -2.50. The first-order valence-corrected chi connectivity index (χ1v) is 30.5. The van der Waals surface area contributed by atoms with E-state index in [0.29, 0.717) is 19.3 Å². The second-order valence-corrected chi connectivity index (χ2v) is 22.6. The molecule has 2 amide bonds. The molecule has 0 spiro atoms. The van der Waals surface area contributed by atoms with Crippen molar-refractivity contribution in [3.63, 3.8) is 0 Å². The topological polar surface area (TPSA) is 373 Å². The van der Waals surface area contributed by atoms with Crippen LogP contribution < -0.4 is 10.6 Å². The number of ether oxygens (including phenoxy) is 6. The van der Waals surface area contributed by atoms with Gasteiger partial charge in [-0.2, -0.15) is 0 Å². The van der Waals surface area contributed by atoms with Crippen LogP contribution in [-0.4, -0.2) is 215 Å². The van der Waals surface area contributed by atoms with E-state index in [0.717, 1.165) is 71.1 Å². The summed E-state index contributed by atoms with van der Waals surface area (Å²) in [5.41, 5.74) is 0. The summed E-state index contributed by atoms with van der Waals surface area (Å²) in [6, 6.07) is -2.53. The molecule has 18 atom stereocenters. The maximum atomic E-state index is 13.3. The Kier molecular flexibility index (Phi) is 36.6. The van der Waals surface area contributed by atoms with E-state index in [1.54, 1.807) is 0 Å². The summed E-state index contributed by atoms with van der Waals surface area (Å²) in [5.74, 6) is -6.11. The van der Waals surface area contributed by atoms with Crippen LogP contribution in [0.15, 0.2) is 12.2 Å². The molecule has 3 aliphatic rings. The van der Waals surface area contributed by atoms with Gasteiger partial charge in [-0.25, -0.2) is 4.79 Å². The van der Waals surface area contributed by atoms with Crippen LogP contribution in [0.2, 0.25) is 0 Å². The molecule has 14 N–H and O–H groups in total. The van der Waals surface area contributed by atoms with Crippen LogP contribution in [0, 0.1) is 0 Å². The van der Waals surface area contributed by atoms with Crippen LogP contribution in [0.5, 0.6) is 0 Å². The summed E-state index contributed by atoms with van der Waals surface area (Å²) >= 11 is 0. The third kappa shape index (κ3) is 25.1. The fourth-order valence-electron chi connectivity index (χ4n) is 10.8. The molecular formula is C58H106N2O21. The quantitative estimate of drug-likeness (QED) is 0.0308. The van der Waals surface area contributed by atoms with Crippen LogP contribution in [0.4, 0.5) is 0 Å². The van der Waals surface area contributed by atoms with Crippen molar-refractivity contribution in [3.05, 3.63) is 12.2 Å². The van der Waals surface area contributed by atoms with Gasteiger partial charge in [-0.3, -0.25) is 9.59 Å². The van der Waals surface area contributed by atoms with Gasteiger partial charge in [0.1, 0.15) is 67.1 Å². The van der Waals surface area contributed by atoms with E-state index in [4.69, 9.17) is 28.4 Å². The van der Waals surface area contributed by atoms with Crippen molar-refractivity contribution in [2.24, 2.45) is 0 Å². The van der Waals surface area contributed by atoms with Gasteiger partial charge in [0, 0.05) is 19.8 Å². The largest absolute Gasteiger partial charge is 0.477 e. The molecule has 3 saturated heterocycles.